The lowest BCUT2D eigenvalue weighted by Crippen LogP contribution is -2.02. The predicted octanol–water partition coefficient (Wildman–Crippen LogP) is 4.00. The van der Waals surface area contributed by atoms with Gasteiger partial charge in [0.15, 0.2) is 0 Å². The molecule has 3 aromatic rings. The summed E-state index contributed by atoms with van der Waals surface area (Å²) in [6.45, 7) is 0.749. The summed E-state index contributed by atoms with van der Waals surface area (Å²) in [5, 5.41) is 2.06. The molecule has 1 aromatic carbocycles. The maximum absolute atomic E-state index is 5.91. The Bertz CT molecular complexity index is 689. The molecule has 0 saturated heterocycles. The van der Waals surface area contributed by atoms with Gasteiger partial charge < -0.3 is 10.3 Å². The molecule has 0 fully saturated rings. The lowest BCUT2D eigenvalue weighted by molar-refractivity contribution is 0.806. The molecule has 0 spiro atoms. The minimum atomic E-state index is 0.749. The number of anilines is 1. The molecule has 5 heteroatoms. The number of nitrogens with zero attached hydrogens (tertiary/aromatic N) is 2. The van der Waals surface area contributed by atoms with Crippen LogP contribution in [0.3, 0.4) is 0 Å². The SMILES string of the molecule is Nc1cccc(Cn2ccnc2-c2cccs2)c1Br. The van der Waals surface area contributed by atoms with E-state index in [4.69, 9.17) is 5.73 Å². The molecule has 0 aliphatic carbocycles. The summed E-state index contributed by atoms with van der Waals surface area (Å²) in [5.41, 5.74) is 7.82. The largest absolute Gasteiger partial charge is 0.398 e. The van der Waals surface area contributed by atoms with Gasteiger partial charge in [0.1, 0.15) is 5.82 Å². The van der Waals surface area contributed by atoms with Crippen molar-refractivity contribution < 1.29 is 0 Å². The zero-order valence-corrected chi connectivity index (χ0v) is 12.5. The van der Waals surface area contributed by atoms with Gasteiger partial charge in [-0.2, -0.15) is 0 Å². The van der Waals surface area contributed by atoms with Crippen LogP contribution in [0.4, 0.5) is 5.69 Å². The van der Waals surface area contributed by atoms with Crippen LogP contribution in [-0.2, 0) is 6.54 Å². The Labute approximate surface area is 123 Å². The highest BCUT2D eigenvalue weighted by molar-refractivity contribution is 9.10. The number of thiophene rings is 1. The van der Waals surface area contributed by atoms with E-state index >= 15 is 0 Å². The normalized spacial score (nSPS) is 10.8. The van der Waals surface area contributed by atoms with E-state index in [0.717, 1.165) is 28.1 Å². The van der Waals surface area contributed by atoms with Crippen molar-refractivity contribution in [3.63, 3.8) is 0 Å². The molecule has 0 bridgehead atoms. The van der Waals surface area contributed by atoms with Crippen molar-refractivity contribution in [3.8, 4) is 10.7 Å². The van der Waals surface area contributed by atoms with Crippen LogP contribution in [0.5, 0.6) is 0 Å². The van der Waals surface area contributed by atoms with Gasteiger partial charge in [0.05, 0.1) is 11.4 Å². The van der Waals surface area contributed by atoms with Crippen LogP contribution in [-0.4, -0.2) is 9.55 Å². The third-order valence-corrected chi connectivity index (χ3v) is 4.74. The van der Waals surface area contributed by atoms with Gasteiger partial charge in [-0.3, -0.25) is 0 Å². The summed E-state index contributed by atoms with van der Waals surface area (Å²) in [6.07, 6.45) is 3.82. The van der Waals surface area contributed by atoms with Gasteiger partial charge in [0, 0.05) is 22.6 Å². The van der Waals surface area contributed by atoms with E-state index in [1.807, 2.05) is 30.6 Å². The number of imidazole rings is 1. The number of aromatic nitrogens is 2. The lowest BCUT2D eigenvalue weighted by atomic mass is 10.2. The molecule has 2 aromatic heterocycles. The van der Waals surface area contributed by atoms with E-state index in [0.29, 0.717) is 0 Å². The molecule has 0 radical (unpaired) electrons. The summed E-state index contributed by atoms with van der Waals surface area (Å²) in [4.78, 5) is 5.61. The molecule has 19 heavy (non-hydrogen) atoms. The molecule has 0 unspecified atom stereocenters. The van der Waals surface area contributed by atoms with Gasteiger partial charge in [-0.1, -0.05) is 18.2 Å². The first-order valence-corrected chi connectivity index (χ1v) is 7.51. The second-order valence-corrected chi connectivity index (χ2v) is 5.92. The fourth-order valence-electron chi connectivity index (χ4n) is 1.97. The Hall–Kier alpha value is -1.59. The minimum absolute atomic E-state index is 0.749. The molecular formula is C14H12BrN3S. The maximum atomic E-state index is 5.91. The fraction of sp³-hybridized carbons (Fsp3) is 0.0714. The summed E-state index contributed by atoms with van der Waals surface area (Å²) < 4.78 is 3.09. The molecule has 0 aliphatic heterocycles. The van der Waals surface area contributed by atoms with Crippen LogP contribution in [0.15, 0.2) is 52.6 Å². The third-order valence-electron chi connectivity index (χ3n) is 2.91. The molecule has 3 nitrogen and oxygen atoms in total. The molecule has 3 rings (SSSR count). The lowest BCUT2D eigenvalue weighted by Gasteiger charge is -2.10. The standard InChI is InChI=1S/C14H12BrN3S/c15-13-10(3-1-4-11(13)16)9-18-7-6-17-14(18)12-5-2-8-19-12/h1-8H,9,16H2. The zero-order valence-electron chi connectivity index (χ0n) is 10.1. The number of hydrogen-bond acceptors (Lipinski definition) is 3. The van der Waals surface area contributed by atoms with Crippen molar-refractivity contribution in [2.45, 2.75) is 6.54 Å². The van der Waals surface area contributed by atoms with E-state index in [1.54, 1.807) is 11.3 Å². The Balaban J connectivity index is 1.97. The van der Waals surface area contributed by atoms with Crippen molar-refractivity contribution in [1.82, 2.24) is 9.55 Å². The van der Waals surface area contributed by atoms with Gasteiger partial charge in [0.25, 0.3) is 0 Å². The Morgan fingerprint density at radius 1 is 1.26 bits per heavy atom. The minimum Gasteiger partial charge on any atom is -0.398 e. The first-order chi connectivity index (χ1) is 9.25. The molecule has 2 N–H and O–H groups in total. The third kappa shape index (κ3) is 2.43. The topological polar surface area (TPSA) is 43.8 Å². The summed E-state index contributed by atoms with van der Waals surface area (Å²) in [7, 11) is 0. The van der Waals surface area contributed by atoms with Crippen LogP contribution in [0.25, 0.3) is 10.7 Å². The van der Waals surface area contributed by atoms with Crippen LogP contribution in [0.2, 0.25) is 0 Å². The quantitative estimate of drug-likeness (QED) is 0.736. The highest BCUT2D eigenvalue weighted by Gasteiger charge is 2.09. The number of rotatable bonds is 3. The summed E-state index contributed by atoms with van der Waals surface area (Å²) >= 11 is 5.24. The average molecular weight is 334 g/mol. The smallest absolute Gasteiger partial charge is 0.150 e. The van der Waals surface area contributed by atoms with Crippen molar-refractivity contribution in [3.05, 3.63) is 58.1 Å². The molecule has 96 valence electrons. The molecule has 0 atom stereocenters. The zero-order chi connectivity index (χ0) is 13.2. The van der Waals surface area contributed by atoms with E-state index in [-0.39, 0.29) is 0 Å². The van der Waals surface area contributed by atoms with Gasteiger partial charge >= 0.3 is 0 Å². The van der Waals surface area contributed by atoms with E-state index in [2.05, 4.69) is 43.0 Å². The molecule has 0 amide bonds. The van der Waals surface area contributed by atoms with Crippen LogP contribution in [0.1, 0.15) is 5.56 Å². The fourth-order valence-corrected chi connectivity index (χ4v) is 3.10. The number of halogens is 1. The van der Waals surface area contributed by atoms with Gasteiger partial charge in [-0.25, -0.2) is 4.98 Å². The second kappa shape index (κ2) is 5.19. The Kier molecular flexibility index (Phi) is 3.40. The summed E-state index contributed by atoms with van der Waals surface area (Å²) in [6, 6.07) is 10.0. The molecule has 0 aliphatic rings. The summed E-state index contributed by atoms with van der Waals surface area (Å²) in [5.74, 6) is 0.990. The van der Waals surface area contributed by atoms with Gasteiger partial charge in [0.2, 0.25) is 0 Å². The molecule has 2 heterocycles. The number of nitrogen functional groups attached to an aromatic ring is 1. The number of benzene rings is 1. The second-order valence-electron chi connectivity index (χ2n) is 4.18. The van der Waals surface area contributed by atoms with Gasteiger partial charge in [-0.15, -0.1) is 11.3 Å². The highest BCUT2D eigenvalue weighted by atomic mass is 79.9. The maximum Gasteiger partial charge on any atom is 0.150 e. The van der Waals surface area contributed by atoms with E-state index in [1.165, 1.54) is 4.88 Å². The highest BCUT2D eigenvalue weighted by Crippen LogP contribution is 2.27. The first kappa shape index (κ1) is 12.4. The monoisotopic (exact) mass is 333 g/mol. The van der Waals surface area contributed by atoms with Crippen molar-refractivity contribution in [2.75, 3.05) is 5.73 Å². The van der Waals surface area contributed by atoms with Crippen molar-refractivity contribution in [1.29, 1.82) is 0 Å². The van der Waals surface area contributed by atoms with Crippen LogP contribution >= 0.6 is 27.3 Å². The molecular weight excluding hydrogens is 322 g/mol. The Morgan fingerprint density at radius 3 is 2.95 bits per heavy atom. The van der Waals surface area contributed by atoms with Crippen molar-refractivity contribution in [2.24, 2.45) is 0 Å². The molecule has 0 saturated carbocycles. The van der Waals surface area contributed by atoms with E-state index < -0.39 is 0 Å². The number of hydrogen-bond donors (Lipinski definition) is 1. The van der Waals surface area contributed by atoms with E-state index in [9.17, 15) is 0 Å². The van der Waals surface area contributed by atoms with Gasteiger partial charge in [-0.05, 0) is 39.0 Å². The van der Waals surface area contributed by atoms with Crippen LogP contribution in [0, 0.1) is 0 Å². The predicted molar refractivity (Wildman–Crippen MR) is 83.2 cm³/mol. The Morgan fingerprint density at radius 2 is 2.16 bits per heavy atom. The number of nitrogens with two attached hydrogens (primary N) is 1. The average Bonchev–Trinajstić information content (AvgIpc) is 3.05. The van der Waals surface area contributed by atoms with Crippen LogP contribution < -0.4 is 5.73 Å². The van der Waals surface area contributed by atoms with Crippen molar-refractivity contribution >= 4 is 33.0 Å². The first-order valence-electron chi connectivity index (χ1n) is 5.83.